The molecule has 1 rings (SSSR count). The largest absolute Gasteiger partial charge is 0.452 e. The lowest BCUT2D eigenvalue weighted by atomic mass is 10.2. The highest BCUT2D eigenvalue weighted by atomic mass is 79.9. The summed E-state index contributed by atoms with van der Waals surface area (Å²) < 4.78 is 4.71. The van der Waals surface area contributed by atoms with Crippen LogP contribution in [0.1, 0.15) is 10.4 Å². The number of rotatable bonds is 2. The number of hydrogen-bond acceptors (Lipinski definition) is 2. The molecule has 0 atom stereocenters. The summed E-state index contributed by atoms with van der Waals surface area (Å²) in [6.45, 7) is 0. The normalized spacial score (nSPS) is 9.80. The fraction of sp³-hybridized carbons (Fsp3) is 0.167. The minimum atomic E-state index is -0.0706. The monoisotopic (exact) mass is 222 g/mol. The Morgan fingerprint density at radius 1 is 1.80 bits per heavy atom. The van der Waals surface area contributed by atoms with Crippen molar-refractivity contribution in [3.05, 3.63) is 23.1 Å². The van der Waals surface area contributed by atoms with Gasteiger partial charge in [-0.1, -0.05) is 15.9 Å². The van der Waals surface area contributed by atoms with Gasteiger partial charge in [-0.05, 0) is 17.7 Å². The standard InChI is InChI=1S/C6H4BrClO2/c7-3-5(9)4-1-2-10-6(4)8/h1-2H,3H2. The molecule has 0 aliphatic rings. The van der Waals surface area contributed by atoms with Crippen molar-refractivity contribution in [1.29, 1.82) is 0 Å². The van der Waals surface area contributed by atoms with Gasteiger partial charge in [0.15, 0.2) is 5.78 Å². The Hall–Kier alpha value is -0.280. The fourth-order valence-corrected chi connectivity index (χ4v) is 1.09. The lowest BCUT2D eigenvalue weighted by molar-refractivity contribution is 0.102. The summed E-state index contributed by atoms with van der Waals surface area (Å²) in [6.07, 6.45) is 1.39. The first-order chi connectivity index (χ1) is 4.75. The van der Waals surface area contributed by atoms with E-state index in [1.165, 1.54) is 6.26 Å². The van der Waals surface area contributed by atoms with Gasteiger partial charge in [-0.25, -0.2) is 0 Å². The first kappa shape index (κ1) is 7.82. The first-order valence-electron chi connectivity index (χ1n) is 2.58. The number of carbonyl (C=O) groups excluding carboxylic acids is 1. The van der Waals surface area contributed by atoms with Crippen LogP contribution in [0, 0.1) is 0 Å². The number of carbonyl (C=O) groups is 1. The minimum Gasteiger partial charge on any atom is -0.452 e. The van der Waals surface area contributed by atoms with Crippen LogP contribution >= 0.6 is 27.5 Å². The van der Waals surface area contributed by atoms with Crippen molar-refractivity contribution in [2.45, 2.75) is 0 Å². The summed E-state index contributed by atoms with van der Waals surface area (Å²) in [5, 5.41) is 0.427. The molecule has 0 unspecified atom stereocenters. The maximum absolute atomic E-state index is 10.9. The van der Waals surface area contributed by atoms with Crippen LogP contribution in [0.5, 0.6) is 0 Å². The minimum absolute atomic E-state index is 0.0706. The number of Topliss-reactive ketones (excluding diaryl/α,β-unsaturated/α-hetero) is 1. The molecule has 0 N–H and O–H groups in total. The Morgan fingerprint density at radius 3 is 2.90 bits per heavy atom. The molecule has 0 aliphatic carbocycles. The number of hydrogen-bond donors (Lipinski definition) is 0. The summed E-state index contributed by atoms with van der Waals surface area (Å²) in [6, 6.07) is 1.55. The topological polar surface area (TPSA) is 30.2 Å². The summed E-state index contributed by atoms with van der Waals surface area (Å²) in [4.78, 5) is 10.9. The summed E-state index contributed by atoms with van der Waals surface area (Å²) in [5.74, 6) is -0.0706. The Bertz CT molecular complexity index is 244. The second kappa shape index (κ2) is 3.21. The third-order valence-electron chi connectivity index (χ3n) is 1.04. The Balaban J connectivity index is 2.93. The molecule has 2 nitrogen and oxygen atoms in total. The molecule has 0 saturated carbocycles. The molecule has 0 amide bonds. The van der Waals surface area contributed by atoms with Crippen molar-refractivity contribution in [3.63, 3.8) is 0 Å². The average molecular weight is 223 g/mol. The van der Waals surface area contributed by atoms with E-state index in [0.717, 1.165) is 0 Å². The van der Waals surface area contributed by atoms with Gasteiger partial charge in [-0.2, -0.15) is 0 Å². The van der Waals surface area contributed by atoms with Crippen LogP contribution in [0.4, 0.5) is 0 Å². The van der Waals surface area contributed by atoms with Crippen LogP contribution in [0.3, 0.4) is 0 Å². The van der Waals surface area contributed by atoms with Gasteiger partial charge in [0, 0.05) is 0 Å². The van der Waals surface area contributed by atoms with Crippen LogP contribution in [-0.4, -0.2) is 11.1 Å². The zero-order valence-corrected chi connectivity index (χ0v) is 7.28. The van der Waals surface area contributed by atoms with E-state index in [1.807, 2.05) is 0 Å². The van der Waals surface area contributed by atoms with Crippen molar-refractivity contribution in [2.75, 3.05) is 5.33 Å². The van der Waals surface area contributed by atoms with E-state index in [9.17, 15) is 4.79 Å². The smallest absolute Gasteiger partial charge is 0.203 e. The second-order valence-corrected chi connectivity index (χ2v) is 2.57. The van der Waals surface area contributed by atoms with E-state index in [4.69, 9.17) is 16.0 Å². The molecule has 10 heavy (non-hydrogen) atoms. The summed E-state index contributed by atoms with van der Waals surface area (Å²) in [7, 11) is 0. The number of halogens is 2. The van der Waals surface area contributed by atoms with Crippen molar-refractivity contribution in [2.24, 2.45) is 0 Å². The molecule has 0 fully saturated rings. The van der Waals surface area contributed by atoms with Crippen molar-refractivity contribution < 1.29 is 9.21 Å². The lowest BCUT2D eigenvalue weighted by Crippen LogP contribution is -1.97. The molecule has 0 aromatic carbocycles. The van der Waals surface area contributed by atoms with Crippen LogP contribution in [0.25, 0.3) is 0 Å². The van der Waals surface area contributed by atoms with E-state index in [-0.39, 0.29) is 16.3 Å². The van der Waals surface area contributed by atoms with Gasteiger partial charge in [-0.3, -0.25) is 4.79 Å². The molecule has 1 heterocycles. The third-order valence-corrected chi connectivity index (χ3v) is 1.84. The molecule has 0 saturated heterocycles. The molecule has 54 valence electrons. The van der Waals surface area contributed by atoms with E-state index in [2.05, 4.69) is 15.9 Å². The average Bonchev–Trinajstić information content (AvgIpc) is 2.34. The van der Waals surface area contributed by atoms with Gasteiger partial charge in [-0.15, -0.1) is 0 Å². The van der Waals surface area contributed by atoms with Gasteiger partial charge in [0.05, 0.1) is 17.2 Å². The SMILES string of the molecule is O=C(CBr)c1ccoc1Cl. The van der Waals surface area contributed by atoms with Gasteiger partial charge in [0.1, 0.15) is 0 Å². The first-order valence-corrected chi connectivity index (χ1v) is 4.08. The van der Waals surface area contributed by atoms with Crippen LogP contribution < -0.4 is 0 Å². The molecule has 0 bridgehead atoms. The van der Waals surface area contributed by atoms with E-state index < -0.39 is 0 Å². The lowest BCUT2D eigenvalue weighted by Gasteiger charge is -1.88. The quantitative estimate of drug-likeness (QED) is 0.570. The van der Waals surface area contributed by atoms with Crippen molar-refractivity contribution in [1.82, 2.24) is 0 Å². The maximum atomic E-state index is 10.9. The molecule has 0 spiro atoms. The number of alkyl halides is 1. The Morgan fingerprint density at radius 2 is 2.50 bits per heavy atom. The van der Waals surface area contributed by atoms with Crippen LogP contribution in [0.15, 0.2) is 16.7 Å². The predicted molar refractivity (Wildman–Crippen MR) is 41.8 cm³/mol. The number of ketones is 1. The molecule has 4 heteroatoms. The Kier molecular flexibility index (Phi) is 2.51. The van der Waals surface area contributed by atoms with Gasteiger partial charge in [0.25, 0.3) is 0 Å². The highest BCUT2D eigenvalue weighted by Gasteiger charge is 2.10. The summed E-state index contributed by atoms with van der Waals surface area (Å²) >= 11 is 8.53. The summed E-state index contributed by atoms with van der Waals surface area (Å²) in [5.41, 5.74) is 0.429. The second-order valence-electron chi connectivity index (χ2n) is 1.66. The number of furan rings is 1. The predicted octanol–water partition coefficient (Wildman–Crippen LogP) is 2.51. The van der Waals surface area contributed by atoms with Crippen molar-refractivity contribution >= 4 is 33.3 Å². The fourth-order valence-electron chi connectivity index (χ4n) is 0.565. The van der Waals surface area contributed by atoms with Crippen LogP contribution in [0.2, 0.25) is 5.22 Å². The highest BCUT2D eigenvalue weighted by Crippen LogP contribution is 2.17. The molecular weight excluding hydrogens is 219 g/mol. The highest BCUT2D eigenvalue weighted by molar-refractivity contribution is 9.09. The molecule has 1 aromatic heterocycles. The van der Waals surface area contributed by atoms with E-state index in [0.29, 0.717) is 5.56 Å². The maximum Gasteiger partial charge on any atom is 0.203 e. The Labute approximate surface area is 71.3 Å². The van der Waals surface area contributed by atoms with E-state index >= 15 is 0 Å². The third kappa shape index (κ3) is 1.41. The van der Waals surface area contributed by atoms with Gasteiger partial charge >= 0.3 is 0 Å². The van der Waals surface area contributed by atoms with E-state index in [1.54, 1.807) is 6.07 Å². The zero-order valence-electron chi connectivity index (χ0n) is 4.93. The molecule has 1 aromatic rings. The van der Waals surface area contributed by atoms with Crippen LogP contribution in [-0.2, 0) is 0 Å². The molecular formula is C6H4BrClO2. The van der Waals surface area contributed by atoms with Crippen molar-refractivity contribution in [3.8, 4) is 0 Å². The zero-order chi connectivity index (χ0) is 7.56. The molecule has 0 radical (unpaired) electrons. The van der Waals surface area contributed by atoms with Gasteiger partial charge < -0.3 is 4.42 Å². The van der Waals surface area contributed by atoms with Gasteiger partial charge in [0.2, 0.25) is 5.22 Å². The molecule has 0 aliphatic heterocycles.